The van der Waals surface area contributed by atoms with Crippen LogP contribution in [0.3, 0.4) is 0 Å². The molecule has 0 fully saturated rings. The van der Waals surface area contributed by atoms with E-state index in [0.717, 1.165) is 22.6 Å². The van der Waals surface area contributed by atoms with Gasteiger partial charge in [0.15, 0.2) is 15.2 Å². The minimum Gasteiger partial charge on any atom is -0.465 e. The van der Waals surface area contributed by atoms with E-state index in [1.807, 2.05) is 24.3 Å². The molecule has 0 aliphatic carbocycles. The topological polar surface area (TPSA) is 75.0 Å². The Balaban J connectivity index is 2.14. The summed E-state index contributed by atoms with van der Waals surface area (Å²) in [6, 6.07) is 9.45. The van der Waals surface area contributed by atoms with Crippen LogP contribution in [-0.2, 0) is 11.2 Å². The molecular formula is C13H10ClN3O2S. The number of methoxy groups -OCH3 is 1. The number of hydrogen-bond donors (Lipinski definition) is 1. The van der Waals surface area contributed by atoms with Crippen molar-refractivity contribution in [3.05, 3.63) is 39.9 Å². The smallest absolute Gasteiger partial charge is 0.351 e. The molecule has 5 nitrogen and oxygen atoms in total. The molecule has 7 heteroatoms. The van der Waals surface area contributed by atoms with Crippen LogP contribution in [0.4, 0.5) is 10.8 Å². The summed E-state index contributed by atoms with van der Waals surface area (Å²) >= 11 is 6.99. The highest BCUT2D eigenvalue weighted by Gasteiger charge is 2.17. The molecule has 1 N–H and O–H groups in total. The second-order valence-corrected chi connectivity index (χ2v) is 5.14. The first-order valence-corrected chi connectivity index (χ1v) is 6.81. The van der Waals surface area contributed by atoms with Gasteiger partial charge in [0.25, 0.3) is 0 Å². The molecule has 0 unspecified atom stereocenters. The van der Waals surface area contributed by atoms with Gasteiger partial charge < -0.3 is 10.1 Å². The van der Waals surface area contributed by atoms with Gasteiger partial charge in [-0.1, -0.05) is 35.1 Å². The maximum absolute atomic E-state index is 11.4. The van der Waals surface area contributed by atoms with Gasteiger partial charge in [-0.25, -0.2) is 9.78 Å². The maximum Gasteiger partial charge on any atom is 0.351 e. The standard InChI is InChI=1S/C13H10ClN3O2S/c1-19-12(18)10-11(14)17-13(20-10)16-9-4-2-8(3-5-9)6-7-15/h2-5H,6H2,1H3,(H,16,17). The van der Waals surface area contributed by atoms with Crippen molar-refractivity contribution in [3.8, 4) is 6.07 Å². The molecule has 0 saturated carbocycles. The van der Waals surface area contributed by atoms with Crippen LogP contribution in [0, 0.1) is 11.3 Å². The average Bonchev–Trinajstić information content (AvgIpc) is 2.81. The number of nitriles is 1. The number of hydrogen-bond acceptors (Lipinski definition) is 6. The Morgan fingerprint density at radius 3 is 2.80 bits per heavy atom. The molecule has 1 aromatic carbocycles. The van der Waals surface area contributed by atoms with Crippen LogP contribution in [0.1, 0.15) is 15.2 Å². The minimum atomic E-state index is -0.509. The fraction of sp³-hybridized carbons (Fsp3) is 0.154. The Hall–Kier alpha value is -2.10. The third kappa shape index (κ3) is 3.26. The first-order valence-electron chi connectivity index (χ1n) is 5.61. The molecule has 0 saturated heterocycles. The molecule has 0 aliphatic heterocycles. The van der Waals surface area contributed by atoms with Gasteiger partial charge in [-0.15, -0.1) is 0 Å². The molecule has 1 aromatic heterocycles. The quantitative estimate of drug-likeness (QED) is 0.876. The Morgan fingerprint density at radius 2 is 2.20 bits per heavy atom. The van der Waals surface area contributed by atoms with E-state index in [0.29, 0.717) is 11.6 Å². The molecule has 2 rings (SSSR count). The van der Waals surface area contributed by atoms with E-state index < -0.39 is 5.97 Å². The first kappa shape index (κ1) is 14.3. The monoisotopic (exact) mass is 307 g/mol. The van der Waals surface area contributed by atoms with Gasteiger partial charge in [-0.05, 0) is 17.7 Å². The lowest BCUT2D eigenvalue weighted by Crippen LogP contribution is -1.98. The normalized spacial score (nSPS) is 9.85. The van der Waals surface area contributed by atoms with Gasteiger partial charge in [-0.3, -0.25) is 0 Å². The van der Waals surface area contributed by atoms with E-state index in [1.165, 1.54) is 7.11 Å². The van der Waals surface area contributed by atoms with Gasteiger partial charge in [0.2, 0.25) is 0 Å². The van der Waals surface area contributed by atoms with Crippen molar-refractivity contribution in [1.29, 1.82) is 5.26 Å². The van der Waals surface area contributed by atoms with Crippen LogP contribution in [0.2, 0.25) is 5.15 Å². The molecule has 0 aliphatic rings. The minimum absolute atomic E-state index is 0.116. The van der Waals surface area contributed by atoms with Crippen molar-refractivity contribution in [1.82, 2.24) is 4.98 Å². The molecule has 0 radical (unpaired) electrons. The summed E-state index contributed by atoms with van der Waals surface area (Å²) in [5.74, 6) is -0.509. The number of halogens is 1. The summed E-state index contributed by atoms with van der Waals surface area (Å²) in [6.07, 6.45) is 0.371. The van der Waals surface area contributed by atoms with E-state index in [4.69, 9.17) is 16.9 Å². The lowest BCUT2D eigenvalue weighted by Gasteiger charge is -2.02. The first-order chi connectivity index (χ1) is 9.63. The number of anilines is 2. The van der Waals surface area contributed by atoms with Crippen molar-refractivity contribution in [2.45, 2.75) is 6.42 Å². The average molecular weight is 308 g/mol. The predicted molar refractivity (Wildman–Crippen MR) is 77.5 cm³/mol. The van der Waals surface area contributed by atoms with Gasteiger partial charge in [0, 0.05) is 5.69 Å². The number of nitrogens with zero attached hydrogens (tertiary/aromatic N) is 2. The van der Waals surface area contributed by atoms with E-state index in [9.17, 15) is 4.79 Å². The highest BCUT2D eigenvalue weighted by molar-refractivity contribution is 7.18. The fourth-order valence-electron chi connectivity index (χ4n) is 1.49. The Kier molecular flexibility index (Phi) is 4.56. The Morgan fingerprint density at radius 1 is 1.50 bits per heavy atom. The number of ether oxygens (including phenoxy) is 1. The predicted octanol–water partition coefficient (Wildman–Crippen LogP) is 3.39. The van der Waals surface area contributed by atoms with Gasteiger partial charge in [0.05, 0.1) is 19.6 Å². The summed E-state index contributed by atoms with van der Waals surface area (Å²) in [6.45, 7) is 0. The van der Waals surface area contributed by atoms with E-state index in [1.54, 1.807) is 0 Å². The number of benzene rings is 1. The lowest BCUT2D eigenvalue weighted by atomic mass is 10.1. The molecule has 0 amide bonds. The second kappa shape index (κ2) is 6.37. The number of esters is 1. The molecular weight excluding hydrogens is 298 g/mol. The third-order valence-corrected chi connectivity index (χ3v) is 3.78. The number of aromatic nitrogens is 1. The van der Waals surface area contributed by atoms with Crippen molar-refractivity contribution >= 4 is 39.7 Å². The fourth-order valence-corrected chi connectivity index (χ4v) is 2.62. The summed E-state index contributed by atoms with van der Waals surface area (Å²) < 4.78 is 4.61. The summed E-state index contributed by atoms with van der Waals surface area (Å²) in [5.41, 5.74) is 1.74. The second-order valence-electron chi connectivity index (χ2n) is 3.79. The lowest BCUT2D eigenvalue weighted by molar-refractivity contribution is 0.0606. The van der Waals surface area contributed by atoms with Crippen LogP contribution in [0.25, 0.3) is 0 Å². The molecule has 1 heterocycles. The van der Waals surface area contributed by atoms with E-state index in [-0.39, 0.29) is 10.0 Å². The van der Waals surface area contributed by atoms with Gasteiger partial charge >= 0.3 is 5.97 Å². The highest BCUT2D eigenvalue weighted by Crippen LogP contribution is 2.29. The summed E-state index contributed by atoms with van der Waals surface area (Å²) in [7, 11) is 1.29. The Bertz CT molecular complexity index is 661. The van der Waals surface area contributed by atoms with Crippen LogP contribution < -0.4 is 5.32 Å². The molecule has 0 spiro atoms. The number of thiazole rings is 1. The molecule has 0 bridgehead atoms. The molecule has 0 atom stereocenters. The van der Waals surface area contributed by atoms with Gasteiger partial charge in [-0.2, -0.15) is 5.26 Å². The van der Waals surface area contributed by atoms with Crippen molar-refractivity contribution < 1.29 is 9.53 Å². The molecule has 2 aromatic rings. The van der Waals surface area contributed by atoms with Crippen molar-refractivity contribution in [3.63, 3.8) is 0 Å². The molecule has 20 heavy (non-hydrogen) atoms. The summed E-state index contributed by atoms with van der Waals surface area (Å²) in [4.78, 5) is 15.7. The zero-order valence-electron chi connectivity index (χ0n) is 10.5. The number of carbonyl (C=O) groups excluding carboxylic acids is 1. The molecule has 102 valence electrons. The SMILES string of the molecule is COC(=O)c1sc(Nc2ccc(CC#N)cc2)nc1Cl. The largest absolute Gasteiger partial charge is 0.465 e. The van der Waals surface area contributed by atoms with Crippen LogP contribution in [0.15, 0.2) is 24.3 Å². The van der Waals surface area contributed by atoms with E-state index >= 15 is 0 Å². The maximum atomic E-state index is 11.4. The zero-order chi connectivity index (χ0) is 14.5. The van der Waals surface area contributed by atoms with E-state index in [2.05, 4.69) is 21.1 Å². The van der Waals surface area contributed by atoms with Crippen LogP contribution >= 0.6 is 22.9 Å². The van der Waals surface area contributed by atoms with Crippen molar-refractivity contribution in [2.75, 3.05) is 12.4 Å². The number of nitrogens with one attached hydrogen (secondary N) is 1. The number of rotatable bonds is 4. The number of carbonyl (C=O) groups is 1. The third-order valence-electron chi connectivity index (χ3n) is 2.44. The highest BCUT2D eigenvalue weighted by atomic mass is 35.5. The van der Waals surface area contributed by atoms with Crippen LogP contribution in [-0.4, -0.2) is 18.1 Å². The Labute approximate surface area is 124 Å². The summed E-state index contributed by atoms with van der Waals surface area (Å²) in [5, 5.41) is 12.3. The van der Waals surface area contributed by atoms with Gasteiger partial charge in [0.1, 0.15) is 0 Å². The van der Waals surface area contributed by atoms with Crippen molar-refractivity contribution in [2.24, 2.45) is 0 Å². The van der Waals surface area contributed by atoms with Crippen LogP contribution in [0.5, 0.6) is 0 Å². The zero-order valence-corrected chi connectivity index (χ0v) is 12.1.